The van der Waals surface area contributed by atoms with Crippen molar-refractivity contribution in [1.29, 1.82) is 0 Å². The number of rotatable bonds is 3. The summed E-state index contributed by atoms with van der Waals surface area (Å²) >= 11 is 0. The Morgan fingerprint density at radius 3 is 2.14 bits per heavy atom. The van der Waals surface area contributed by atoms with E-state index in [0.29, 0.717) is 13.1 Å². The first-order chi connectivity index (χ1) is 10.4. The van der Waals surface area contributed by atoms with E-state index in [1.54, 1.807) is 0 Å². The Balaban J connectivity index is 1.94. The van der Waals surface area contributed by atoms with Gasteiger partial charge in [-0.05, 0) is 19.1 Å². The van der Waals surface area contributed by atoms with Crippen molar-refractivity contribution in [2.45, 2.75) is 19.4 Å². The maximum Gasteiger partial charge on any atom is 0.251 e. The lowest BCUT2D eigenvalue weighted by atomic mass is 10.1. The van der Waals surface area contributed by atoms with Crippen LogP contribution in [0.3, 0.4) is 0 Å². The minimum absolute atomic E-state index is 0.241. The number of nitrogens with zero attached hydrogens (tertiary/aromatic N) is 2. The summed E-state index contributed by atoms with van der Waals surface area (Å²) in [6.07, 6.45) is -1.42. The van der Waals surface area contributed by atoms with Crippen molar-refractivity contribution in [3.05, 3.63) is 35.4 Å². The van der Waals surface area contributed by atoms with E-state index in [0.717, 1.165) is 12.1 Å². The molecule has 1 aliphatic heterocycles. The molecule has 7 heteroatoms. The van der Waals surface area contributed by atoms with Crippen LogP contribution >= 0.6 is 0 Å². The summed E-state index contributed by atoms with van der Waals surface area (Å²) in [7, 11) is 0. The fourth-order valence-electron chi connectivity index (χ4n) is 2.40. The number of piperazine rings is 1. The normalized spacial score (nSPS) is 16.5. The highest BCUT2D eigenvalue weighted by Gasteiger charge is 2.26. The Hall–Kier alpha value is -2.02. The molecule has 120 valence electrons. The van der Waals surface area contributed by atoms with Gasteiger partial charge in [-0.15, -0.1) is 0 Å². The van der Waals surface area contributed by atoms with Crippen LogP contribution in [0.5, 0.6) is 0 Å². The molecule has 1 aliphatic rings. The van der Waals surface area contributed by atoms with Crippen LogP contribution in [0.25, 0.3) is 0 Å². The van der Waals surface area contributed by atoms with Crippen LogP contribution in [0, 0.1) is 11.6 Å². The maximum absolute atomic E-state index is 13.5. The molecular weight excluding hydrogens is 294 g/mol. The fraction of sp³-hybridized carbons (Fsp3) is 0.467. The van der Waals surface area contributed by atoms with Gasteiger partial charge in [-0.3, -0.25) is 9.59 Å². The van der Waals surface area contributed by atoms with Gasteiger partial charge in [0.05, 0.1) is 6.42 Å². The molecule has 2 amide bonds. The maximum atomic E-state index is 13.5. The van der Waals surface area contributed by atoms with Crippen molar-refractivity contribution in [3.63, 3.8) is 0 Å². The van der Waals surface area contributed by atoms with Gasteiger partial charge in [0.25, 0.3) is 5.91 Å². The lowest BCUT2D eigenvalue weighted by molar-refractivity contribution is -0.144. The number of hydrogen-bond acceptors (Lipinski definition) is 3. The molecule has 1 N–H and O–H groups in total. The summed E-state index contributed by atoms with van der Waals surface area (Å²) in [5.74, 6) is -2.24. The minimum atomic E-state index is -1.07. The molecule has 1 fully saturated rings. The van der Waals surface area contributed by atoms with Crippen LogP contribution in [-0.2, 0) is 16.0 Å². The molecule has 0 saturated carbocycles. The van der Waals surface area contributed by atoms with Gasteiger partial charge in [-0.1, -0.05) is 6.07 Å². The van der Waals surface area contributed by atoms with E-state index in [4.69, 9.17) is 0 Å². The molecule has 1 saturated heterocycles. The molecule has 1 atom stereocenters. The van der Waals surface area contributed by atoms with E-state index in [2.05, 4.69) is 0 Å². The van der Waals surface area contributed by atoms with Crippen LogP contribution in [0.4, 0.5) is 8.78 Å². The van der Waals surface area contributed by atoms with E-state index in [1.807, 2.05) is 0 Å². The second-order valence-corrected chi connectivity index (χ2v) is 5.26. The number of benzene rings is 1. The van der Waals surface area contributed by atoms with E-state index in [-0.39, 0.29) is 36.9 Å². The molecule has 2 rings (SSSR count). The first-order valence-corrected chi connectivity index (χ1v) is 7.07. The lowest BCUT2D eigenvalue weighted by Crippen LogP contribution is -2.52. The van der Waals surface area contributed by atoms with Crippen molar-refractivity contribution in [3.8, 4) is 0 Å². The predicted octanol–water partition coefficient (Wildman–Crippen LogP) is 0.559. The van der Waals surface area contributed by atoms with Gasteiger partial charge in [0, 0.05) is 31.7 Å². The van der Waals surface area contributed by atoms with Crippen molar-refractivity contribution in [2.24, 2.45) is 0 Å². The zero-order valence-electron chi connectivity index (χ0n) is 12.3. The van der Waals surface area contributed by atoms with Crippen LogP contribution in [-0.4, -0.2) is 59.0 Å². The lowest BCUT2D eigenvalue weighted by Gasteiger charge is -2.35. The Morgan fingerprint density at radius 2 is 1.64 bits per heavy atom. The summed E-state index contributed by atoms with van der Waals surface area (Å²) in [6.45, 7) is 2.56. The van der Waals surface area contributed by atoms with E-state index in [1.165, 1.54) is 22.8 Å². The molecule has 1 aromatic carbocycles. The summed E-state index contributed by atoms with van der Waals surface area (Å²) in [6, 6.07) is 3.48. The first kappa shape index (κ1) is 16.4. The van der Waals surface area contributed by atoms with E-state index < -0.39 is 17.7 Å². The van der Waals surface area contributed by atoms with Crippen LogP contribution < -0.4 is 0 Å². The molecule has 0 aliphatic carbocycles. The zero-order chi connectivity index (χ0) is 16.3. The van der Waals surface area contributed by atoms with Crippen molar-refractivity contribution < 1.29 is 23.5 Å². The largest absolute Gasteiger partial charge is 0.384 e. The van der Waals surface area contributed by atoms with Gasteiger partial charge >= 0.3 is 0 Å². The van der Waals surface area contributed by atoms with E-state index in [9.17, 15) is 23.5 Å². The molecule has 0 bridgehead atoms. The third-order valence-electron chi connectivity index (χ3n) is 3.69. The van der Waals surface area contributed by atoms with Crippen LogP contribution in [0.1, 0.15) is 12.5 Å². The van der Waals surface area contributed by atoms with Gasteiger partial charge in [0.2, 0.25) is 5.91 Å². The SMILES string of the molecule is CC(O)C(=O)N1CCN(C(=O)Cc2c(F)cccc2F)CC1. The molecule has 0 radical (unpaired) electrons. The van der Waals surface area contributed by atoms with Crippen molar-refractivity contribution >= 4 is 11.8 Å². The summed E-state index contributed by atoms with van der Waals surface area (Å²) in [5.41, 5.74) is -0.241. The molecule has 0 aromatic heterocycles. The van der Waals surface area contributed by atoms with Gasteiger partial charge in [0.15, 0.2) is 0 Å². The molecule has 1 unspecified atom stereocenters. The number of carbonyl (C=O) groups is 2. The molecular formula is C15H18F2N2O3. The molecule has 22 heavy (non-hydrogen) atoms. The highest BCUT2D eigenvalue weighted by Crippen LogP contribution is 2.14. The quantitative estimate of drug-likeness (QED) is 0.887. The van der Waals surface area contributed by atoms with Gasteiger partial charge in [-0.25, -0.2) is 8.78 Å². The molecule has 5 nitrogen and oxygen atoms in total. The standard InChI is InChI=1S/C15H18F2N2O3/c1-10(20)15(22)19-7-5-18(6-8-19)14(21)9-11-12(16)3-2-4-13(11)17/h2-4,10,20H,5-9H2,1H3. The topological polar surface area (TPSA) is 60.9 Å². The van der Waals surface area contributed by atoms with Gasteiger partial charge < -0.3 is 14.9 Å². The molecule has 1 aromatic rings. The number of halogens is 2. The zero-order valence-corrected chi connectivity index (χ0v) is 12.3. The highest BCUT2D eigenvalue weighted by molar-refractivity contribution is 5.81. The summed E-state index contributed by atoms with van der Waals surface area (Å²) in [5, 5.41) is 9.25. The monoisotopic (exact) mass is 312 g/mol. The number of hydrogen-bond donors (Lipinski definition) is 1. The Bertz CT molecular complexity index is 550. The highest BCUT2D eigenvalue weighted by atomic mass is 19.1. The average molecular weight is 312 g/mol. The second kappa shape index (κ2) is 6.83. The van der Waals surface area contributed by atoms with Crippen molar-refractivity contribution in [1.82, 2.24) is 9.80 Å². The fourth-order valence-corrected chi connectivity index (χ4v) is 2.40. The van der Waals surface area contributed by atoms with Crippen LogP contribution in [0.15, 0.2) is 18.2 Å². The third-order valence-corrected chi connectivity index (χ3v) is 3.69. The smallest absolute Gasteiger partial charge is 0.251 e. The third kappa shape index (κ3) is 3.59. The number of aliphatic hydroxyl groups is 1. The Labute approximate surface area is 127 Å². The second-order valence-electron chi connectivity index (χ2n) is 5.26. The first-order valence-electron chi connectivity index (χ1n) is 7.07. The number of carbonyl (C=O) groups excluding carboxylic acids is 2. The van der Waals surface area contributed by atoms with Gasteiger partial charge in [-0.2, -0.15) is 0 Å². The van der Waals surface area contributed by atoms with E-state index >= 15 is 0 Å². The van der Waals surface area contributed by atoms with Crippen LogP contribution in [0.2, 0.25) is 0 Å². The number of amides is 2. The molecule has 1 heterocycles. The predicted molar refractivity (Wildman–Crippen MR) is 74.9 cm³/mol. The summed E-state index contributed by atoms with van der Waals surface area (Å²) < 4.78 is 27.1. The summed E-state index contributed by atoms with van der Waals surface area (Å²) in [4.78, 5) is 26.7. The Morgan fingerprint density at radius 1 is 1.14 bits per heavy atom. The average Bonchev–Trinajstić information content (AvgIpc) is 2.50. The molecule has 0 spiro atoms. The number of aliphatic hydroxyl groups excluding tert-OH is 1. The van der Waals surface area contributed by atoms with Crippen molar-refractivity contribution in [2.75, 3.05) is 26.2 Å². The Kier molecular flexibility index (Phi) is 5.07. The van der Waals surface area contributed by atoms with Gasteiger partial charge in [0.1, 0.15) is 17.7 Å². The minimum Gasteiger partial charge on any atom is -0.384 e.